The molecule has 0 unspecified atom stereocenters. The van der Waals surface area contributed by atoms with Crippen molar-refractivity contribution in [3.63, 3.8) is 0 Å². The van der Waals surface area contributed by atoms with Gasteiger partial charge in [-0.3, -0.25) is 9.59 Å². The number of benzene rings is 1. The van der Waals surface area contributed by atoms with Gasteiger partial charge in [-0.2, -0.15) is 0 Å². The number of amides is 2. The fourth-order valence-electron chi connectivity index (χ4n) is 2.06. The van der Waals surface area contributed by atoms with Crippen LogP contribution in [0.15, 0.2) is 41.8 Å². The Kier molecular flexibility index (Phi) is 6.81. The van der Waals surface area contributed by atoms with Crippen LogP contribution in [0.25, 0.3) is 0 Å². The zero-order valence-electron chi connectivity index (χ0n) is 13.9. The summed E-state index contributed by atoms with van der Waals surface area (Å²) in [5, 5.41) is 7.41. The van der Waals surface area contributed by atoms with Crippen molar-refractivity contribution in [1.29, 1.82) is 0 Å². The van der Waals surface area contributed by atoms with Crippen LogP contribution in [0.4, 0.5) is 0 Å². The van der Waals surface area contributed by atoms with Crippen molar-refractivity contribution >= 4 is 23.2 Å². The quantitative estimate of drug-likeness (QED) is 0.772. The van der Waals surface area contributed by atoms with Crippen LogP contribution in [0.5, 0.6) is 5.75 Å². The molecule has 0 saturated heterocycles. The molecule has 24 heavy (non-hydrogen) atoms. The van der Waals surface area contributed by atoms with Crippen molar-refractivity contribution in [3.8, 4) is 5.75 Å². The lowest BCUT2D eigenvalue weighted by Crippen LogP contribution is -2.37. The van der Waals surface area contributed by atoms with Crippen LogP contribution < -0.4 is 15.4 Å². The van der Waals surface area contributed by atoms with Crippen LogP contribution in [0.2, 0.25) is 0 Å². The van der Waals surface area contributed by atoms with Crippen LogP contribution in [0.3, 0.4) is 0 Å². The Balaban J connectivity index is 1.70. The van der Waals surface area contributed by atoms with Gasteiger partial charge in [-0.05, 0) is 56.0 Å². The van der Waals surface area contributed by atoms with E-state index in [1.165, 1.54) is 4.88 Å². The zero-order valence-corrected chi connectivity index (χ0v) is 14.7. The second-order valence-electron chi connectivity index (χ2n) is 5.55. The van der Waals surface area contributed by atoms with Gasteiger partial charge >= 0.3 is 0 Å². The average molecular weight is 346 g/mol. The second kappa shape index (κ2) is 9.08. The third-order valence-electron chi connectivity index (χ3n) is 3.17. The molecule has 0 atom stereocenters. The third kappa shape index (κ3) is 6.04. The Morgan fingerprint density at radius 2 is 1.88 bits per heavy atom. The fourth-order valence-corrected chi connectivity index (χ4v) is 2.77. The Hall–Kier alpha value is -2.34. The molecule has 0 aliphatic rings. The van der Waals surface area contributed by atoms with Crippen LogP contribution in [0.1, 0.15) is 29.1 Å². The number of carbonyl (C=O) groups excluding carboxylic acids is 2. The molecule has 128 valence electrons. The van der Waals surface area contributed by atoms with Crippen molar-refractivity contribution in [2.24, 2.45) is 0 Å². The average Bonchev–Trinajstić information content (AvgIpc) is 3.06. The van der Waals surface area contributed by atoms with Crippen LogP contribution in [-0.4, -0.2) is 31.0 Å². The number of hydrogen-bond acceptors (Lipinski definition) is 4. The molecule has 2 rings (SSSR count). The van der Waals surface area contributed by atoms with Crippen LogP contribution in [0, 0.1) is 0 Å². The van der Waals surface area contributed by atoms with Gasteiger partial charge < -0.3 is 15.4 Å². The van der Waals surface area contributed by atoms with E-state index >= 15 is 0 Å². The Labute approximate surface area is 146 Å². The first kappa shape index (κ1) is 18.0. The van der Waals surface area contributed by atoms with Crippen molar-refractivity contribution in [3.05, 3.63) is 52.2 Å². The Morgan fingerprint density at radius 3 is 2.50 bits per heavy atom. The minimum atomic E-state index is -0.278. The molecule has 0 spiro atoms. The maximum Gasteiger partial charge on any atom is 0.251 e. The lowest BCUT2D eigenvalue weighted by molar-refractivity contribution is -0.120. The standard InChI is InChI=1S/C18H22N2O3S/c1-13(2)23-15-7-5-14(6-8-15)18(22)20-12-17(21)19-10-9-16-4-3-11-24-16/h3-8,11,13H,9-10,12H2,1-2H3,(H,19,21)(H,20,22). The number of thiophene rings is 1. The second-order valence-corrected chi connectivity index (χ2v) is 6.59. The molecule has 1 aromatic carbocycles. The van der Waals surface area contributed by atoms with Crippen molar-refractivity contribution in [2.45, 2.75) is 26.4 Å². The Morgan fingerprint density at radius 1 is 1.12 bits per heavy atom. The molecule has 0 fully saturated rings. The fraction of sp³-hybridized carbons (Fsp3) is 0.333. The van der Waals surface area contributed by atoms with Crippen molar-refractivity contribution < 1.29 is 14.3 Å². The highest BCUT2D eigenvalue weighted by Crippen LogP contribution is 2.13. The summed E-state index contributed by atoms with van der Waals surface area (Å²) in [7, 11) is 0. The molecule has 0 aliphatic carbocycles. The van der Waals surface area contributed by atoms with Gasteiger partial charge in [-0.25, -0.2) is 0 Å². The van der Waals surface area contributed by atoms with E-state index in [9.17, 15) is 9.59 Å². The highest BCUT2D eigenvalue weighted by molar-refractivity contribution is 7.09. The highest BCUT2D eigenvalue weighted by atomic mass is 32.1. The Bertz CT molecular complexity index is 651. The molecular formula is C18H22N2O3S. The molecule has 2 aromatic rings. The zero-order chi connectivity index (χ0) is 17.4. The number of rotatable bonds is 8. The van der Waals surface area contributed by atoms with Crippen molar-refractivity contribution in [2.75, 3.05) is 13.1 Å². The molecule has 2 N–H and O–H groups in total. The number of nitrogens with one attached hydrogen (secondary N) is 2. The normalized spacial score (nSPS) is 10.5. The van der Waals surface area contributed by atoms with E-state index in [2.05, 4.69) is 10.6 Å². The predicted octanol–water partition coefficient (Wildman–Crippen LogP) is 2.62. The summed E-state index contributed by atoms with van der Waals surface area (Å²) in [5.41, 5.74) is 0.498. The number of carbonyl (C=O) groups is 2. The van der Waals surface area contributed by atoms with E-state index < -0.39 is 0 Å². The topological polar surface area (TPSA) is 67.4 Å². The minimum Gasteiger partial charge on any atom is -0.491 e. The van der Waals surface area contributed by atoms with Gasteiger partial charge in [0.15, 0.2) is 0 Å². The van der Waals surface area contributed by atoms with E-state index in [0.717, 1.165) is 6.42 Å². The summed E-state index contributed by atoms with van der Waals surface area (Å²) < 4.78 is 5.53. The summed E-state index contributed by atoms with van der Waals surface area (Å²) in [6.45, 7) is 4.42. The minimum absolute atomic E-state index is 0.0342. The van der Waals surface area contributed by atoms with E-state index in [-0.39, 0.29) is 24.5 Å². The summed E-state index contributed by atoms with van der Waals surface area (Å²) >= 11 is 1.66. The van der Waals surface area contributed by atoms with Gasteiger partial charge in [0.25, 0.3) is 5.91 Å². The SMILES string of the molecule is CC(C)Oc1ccc(C(=O)NCC(=O)NCCc2cccs2)cc1. The van der Waals surface area contributed by atoms with Gasteiger partial charge in [0, 0.05) is 17.0 Å². The number of hydrogen-bond donors (Lipinski definition) is 2. The smallest absolute Gasteiger partial charge is 0.251 e. The summed E-state index contributed by atoms with van der Waals surface area (Å²) in [5.74, 6) is 0.243. The van der Waals surface area contributed by atoms with Crippen LogP contribution >= 0.6 is 11.3 Å². The third-order valence-corrected chi connectivity index (χ3v) is 4.11. The first-order valence-electron chi connectivity index (χ1n) is 7.88. The first-order chi connectivity index (χ1) is 11.5. The molecular weight excluding hydrogens is 324 g/mol. The molecule has 5 nitrogen and oxygen atoms in total. The van der Waals surface area contributed by atoms with Crippen molar-refractivity contribution in [1.82, 2.24) is 10.6 Å². The lowest BCUT2D eigenvalue weighted by Gasteiger charge is -2.10. The molecule has 0 aliphatic heterocycles. The van der Waals surface area contributed by atoms with Gasteiger partial charge in [0.05, 0.1) is 12.6 Å². The van der Waals surface area contributed by atoms with Gasteiger partial charge in [-0.15, -0.1) is 11.3 Å². The van der Waals surface area contributed by atoms with Crippen LogP contribution in [-0.2, 0) is 11.2 Å². The van der Waals surface area contributed by atoms with E-state index in [0.29, 0.717) is 17.9 Å². The van der Waals surface area contributed by atoms with E-state index in [1.807, 2.05) is 31.4 Å². The molecule has 2 amide bonds. The first-order valence-corrected chi connectivity index (χ1v) is 8.76. The monoisotopic (exact) mass is 346 g/mol. The van der Waals surface area contributed by atoms with E-state index in [1.54, 1.807) is 35.6 Å². The van der Waals surface area contributed by atoms with E-state index in [4.69, 9.17) is 4.74 Å². The molecule has 0 saturated carbocycles. The highest BCUT2D eigenvalue weighted by Gasteiger charge is 2.08. The number of ether oxygens (including phenoxy) is 1. The van der Waals surface area contributed by atoms with Gasteiger partial charge in [0.2, 0.25) is 5.91 Å². The largest absolute Gasteiger partial charge is 0.491 e. The van der Waals surface area contributed by atoms with Gasteiger partial charge in [-0.1, -0.05) is 6.07 Å². The molecule has 6 heteroatoms. The molecule has 1 heterocycles. The molecule has 0 bridgehead atoms. The molecule has 1 aromatic heterocycles. The summed E-state index contributed by atoms with van der Waals surface area (Å²) in [6.07, 6.45) is 0.886. The predicted molar refractivity (Wildman–Crippen MR) is 95.6 cm³/mol. The summed E-state index contributed by atoms with van der Waals surface area (Å²) in [6, 6.07) is 10.9. The molecule has 0 radical (unpaired) electrons. The summed E-state index contributed by atoms with van der Waals surface area (Å²) in [4.78, 5) is 25.0. The van der Waals surface area contributed by atoms with Gasteiger partial charge in [0.1, 0.15) is 5.75 Å². The lowest BCUT2D eigenvalue weighted by atomic mass is 10.2. The maximum atomic E-state index is 12.0. The maximum absolute atomic E-state index is 12.0.